The third-order valence-electron chi connectivity index (χ3n) is 2.71. The van der Waals surface area contributed by atoms with E-state index in [1.165, 1.54) is 11.8 Å². The minimum Gasteiger partial charge on any atom is -0.406 e. The van der Waals surface area contributed by atoms with E-state index in [9.17, 15) is 21.6 Å². The van der Waals surface area contributed by atoms with Gasteiger partial charge in [0.25, 0.3) is 10.0 Å². The Labute approximate surface area is 135 Å². The van der Waals surface area contributed by atoms with E-state index < -0.39 is 22.1 Å². The molecule has 2 aromatic rings. The number of thioether (sulfide) groups is 1. The van der Waals surface area contributed by atoms with Crippen LogP contribution in [0.15, 0.2) is 58.3 Å². The van der Waals surface area contributed by atoms with Crippen molar-refractivity contribution in [2.24, 2.45) is 0 Å². The SMILES string of the molecule is CSc1ccc(NS(=O)(=O)c2ccc(OC(F)(F)F)cc2)cc1. The molecule has 0 spiro atoms. The highest BCUT2D eigenvalue weighted by Crippen LogP contribution is 2.25. The Kier molecular flexibility index (Phi) is 5.10. The largest absolute Gasteiger partial charge is 0.573 e. The lowest BCUT2D eigenvalue weighted by Crippen LogP contribution is -2.17. The quantitative estimate of drug-likeness (QED) is 0.813. The normalized spacial score (nSPS) is 12.0. The van der Waals surface area contributed by atoms with Crippen LogP contribution in [-0.2, 0) is 10.0 Å². The fourth-order valence-electron chi connectivity index (χ4n) is 1.69. The Morgan fingerprint density at radius 3 is 2.04 bits per heavy atom. The fraction of sp³-hybridized carbons (Fsp3) is 0.143. The summed E-state index contributed by atoms with van der Waals surface area (Å²) < 4.78 is 66.6. The average Bonchev–Trinajstić information content (AvgIpc) is 2.46. The second-order valence-corrected chi connectivity index (χ2v) is 6.92. The molecule has 0 heterocycles. The Hall–Kier alpha value is -1.87. The van der Waals surface area contributed by atoms with Gasteiger partial charge in [0.2, 0.25) is 0 Å². The van der Waals surface area contributed by atoms with Gasteiger partial charge in [-0.3, -0.25) is 4.72 Å². The number of hydrogen-bond acceptors (Lipinski definition) is 4. The molecular formula is C14H12F3NO3S2. The average molecular weight is 363 g/mol. The molecule has 0 saturated heterocycles. The summed E-state index contributed by atoms with van der Waals surface area (Å²) in [5.74, 6) is -0.485. The van der Waals surface area contributed by atoms with Gasteiger partial charge in [-0.05, 0) is 54.8 Å². The van der Waals surface area contributed by atoms with Gasteiger partial charge in [-0.25, -0.2) is 8.42 Å². The Bertz CT molecular complexity index is 757. The minimum atomic E-state index is -4.82. The predicted octanol–water partition coefficient (Wildman–Crippen LogP) is 4.11. The standard InChI is InChI=1S/C14H12F3NO3S2/c1-22-12-6-2-10(3-7-12)18-23(19,20)13-8-4-11(5-9-13)21-14(15,16)17/h2-9,18H,1H3. The van der Waals surface area contributed by atoms with Gasteiger partial charge in [-0.2, -0.15) is 0 Å². The number of halogens is 3. The first-order valence-corrected chi connectivity index (χ1v) is 8.93. The number of rotatable bonds is 5. The first kappa shape index (κ1) is 17.5. The zero-order chi connectivity index (χ0) is 17.1. The van der Waals surface area contributed by atoms with Crippen LogP contribution >= 0.6 is 11.8 Å². The van der Waals surface area contributed by atoms with E-state index in [1.54, 1.807) is 24.3 Å². The van der Waals surface area contributed by atoms with E-state index >= 15 is 0 Å². The highest BCUT2D eigenvalue weighted by molar-refractivity contribution is 7.98. The van der Waals surface area contributed by atoms with Crippen LogP contribution in [0.4, 0.5) is 18.9 Å². The highest BCUT2D eigenvalue weighted by Gasteiger charge is 2.31. The first-order valence-electron chi connectivity index (χ1n) is 6.22. The number of hydrogen-bond donors (Lipinski definition) is 1. The molecular weight excluding hydrogens is 351 g/mol. The molecule has 0 saturated carbocycles. The lowest BCUT2D eigenvalue weighted by atomic mass is 10.3. The van der Waals surface area contributed by atoms with Gasteiger partial charge >= 0.3 is 6.36 Å². The van der Waals surface area contributed by atoms with Crippen LogP contribution in [0.2, 0.25) is 0 Å². The van der Waals surface area contributed by atoms with Crippen LogP contribution in [0.5, 0.6) is 5.75 Å². The van der Waals surface area contributed by atoms with Crippen LogP contribution in [0.25, 0.3) is 0 Å². The molecule has 0 atom stereocenters. The molecule has 23 heavy (non-hydrogen) atoms. The molecule has 124 valence electrons. The number of alkyl halides is 3. The van der Waals surface area contributed by atoms with Crippen molar-refractivity contribution in [2.75, 3.05) is 11.0 Å². The van der Waals surface area contributed by atoms with Crippen molar-refractivity contribution in [2.45, 2.75) is 16.2 Å². The molecule has 2 rings (SSSR count). The lowest BCUT2D eigenvalue weighted by molar-refractivity contribution is -0.274. The molecule has 0 unspecified atom stereocenters. The number of sulfonamides is 1. The van der Waals surface area contributed by atoms with Crippen molar-refractivity contribution in [3.8, 4) is 5.75 Å². The number of anilines is 1. The monoisotopic (exact) mass is 363 g/mol. The van der Waals surface area contributed by atoms with Crippen molar-refractivity contribution < 1.29 is 26.3 Å². The molecule has 0 aliphatic carbocycles. The van der Waals surface area contributed by atoms with E-state index in [4.69, 9.17) is 0 Å². The maximum absolute atomic E-state index is 12.2. The molecule has 0 fully saturated rings. The van der Waals surface area contributed by atoms with Gasteiger partial charge in [0.05, 0.1) is 4.90 Å². The van der Waals surface area contributed by atoms with Gasteiger partial charge < -0.3 is 4.74 Å². The molecule has 4 nitrogen and oxygen atoms in total. The molecule has 0 aromatic heterocycles. The third kappa shape index (κ3) is 5.07. The van der Waals surface area contributed by atoms with Gasteiger partial charge in [0.15, 0.2) is 0 Å². The zero-order valence-corrected chi connectivity index (χ0v) is 13.4. The summed E-state index contributed by atoms with van der Waals surface area (Å²) in [4.78, 5) is 0.808. The summed E-state index contributed by atoms with van der Waals surface area (Å²) in [5.41, 5.74) is 0.360. The molecule has 0 bridgehead atoms. The van der Waals surface area contributed by atoms with Gasteiger partial charge in [0, 0.05) is 10.6 Å². The number of nitrogens with one attached hydrogen (secondary N) is 1. The van der Waals surface area contributed by atoms with E-state index in [1.807, 2.05) is 6.26 Å². The van der Waals surface area contributed by atoms with E-state index in [-0.39, 0.29) is 4.90 Å². The predicted molar refractivity (Wildman–Crippen MR) is 82.2 cm³/mol. The van der Waals surface area contributed by atoms with Gasteiger partial charge in [-0.1, -0.05) is 0 Å². The summed E-state index contributed by atoms with van der Waals surface area (Å²) in [6.45, 7) is 0. The van der Waals surface area contributed by atoms with Crippen LogP contribution in [0, 0.1) is 0 Å². The molecule has 0 aliphatic rings. The van der Waals surface area contributed by atoms with Gasteiger partial charge in [-0.15, -0.1) is 24.9 Å². The van der Waals surface area contributed by atoms with Crippen molar-refractivity contribution in [1.29, 1.82) is 0 Å². The van der Waals surface area contributed by atoms with Crippen molar-refractivity contribution in [3.05, 3.63) is 48.5 Å². The summed E-state index contributed by atoms with van der Waals surface area (Å²) in [6.07, 6.45) is -2.93. The molecule has 0 aliphatic heterocycles. The lowest BCUT2D eigenvalue weighted by Gasteiger charge is -2.11. The van der Waals surface area contributed by atoms with Crippen LogP contribution in [0.3, 0.4) is 0 Å². The minimum absolute atomic E-state index is 0.166. The van der Waals surface area contributed by atoms with Crippen LogP contribution in [-0.4, -0.2) is 21.0 Å². The second kappa shape index (κ2) is 6.71. The Balaban J connectivity index is 2.15. The maximum Gasteiger partial charge on any atom is 0.573 e. The van der Waals surface area contributed by atoms with Crippen LogP contribution in [0.1, 0.15) is 0 Å². The van der Waals surface area contributed by atoms with E-state index in [0.29, 0.717) is 5.69 Å². The summed E-state index contributed by atoms with van der Waals surface area (Å²) in [6, 6.07) is 10.7. The molecule has 1 N–H and O–H groups in total. The topological polar surface area (TPSA) is 55.4 Å². The highest BCUT2D eigenvalue weighted by atomic mass is 32.2. The molecule has 0 radical (unpaired) electrons. The van der Waals surface area contributed by atoms with Crippen LogP contribution < -0.4 is 9.46 Å². The number of ether oxygens (including phenoxy) is 1. The van der Waals surface area contributed by atoms with Crippen molar-refractivity contribution >= 4 is 27.5 Å². The van der Waals surface area contributed by atoms with Crippen molar-refractivity contribution in [1.82, 2.24) is 0 Å². The molecule has 0 amide bonds. The Morgan fingerprint density at radius 2 is 1.57 bits per heavy atom. The van der Waals surface area contributed by atoms with Crippen molar-refractivity contribution in [3.63, 3.8) is 0 Å². The first-order chi connectivity index (χ1) is 10.7. The maximum atomic E-state index is 12.2. The fourth-order valence-corrected chi connectivity index (χ4v) is 3.16. The third-order valence-corrected chi connectivity index (χ3v) is 4.85. The van der Waals surface area contributed by atoms with E-state index in [0.717, 1.165) is 29.2 Å². The molecule has 9 heteroatoms. The Morgan fingerprint density at radius 1 is 1.00 bits per heavy atom. The van der Waals surface area contributed by atoms with Gasteiger partial charge in [0.1, 0.15) is 5.75 Å². The zero-order valence-electron chi connectivity index (χ0n) is 11.8. The summed E-state index contributed by atoms with van der Waals surface area (Å²) in [5, 5.41) is 0. The second-order valence-electron chi connectivity index (χ2n) is 4.35. The summed E-state index contributed by atoms with van der Waals surface area (Å²) in [7, 11) is -3.89. The molecule has 2 aromatic carbocycles. The smallest absolute Gasteiger partial charge is 0.406 e. The number of benzene rings is 2. The van der Waals surface area contributed by atoms with E-state index in [2.05, 4.69) is 9.46 Å². The summed E-state index contributed by atoms with van der Waals surface area (Å²) >= 11 is 1.51.